The molecule has 0 atom stereocenters. The minimum atomic E-state index is -1.15. The molecule has 72 valence electrons. The lowest BCUT2D eigenvalue weighted by atomic mass is 10.2. The largest absolute Gasteiger partial charge is 0.355 e. The molecule has 4 heteroatoms. The molecule has 0 aliphatic heterocycles. The molecule has 0 fully saturated rings. The number of hydrogen-bond donors (Lipinski definition) is 1. The lowest BCUT2D eigenvalue weighted by molar-refractivity contribution is -0.116. The topological polar surface area (TPSA) is 29.1 Å². The highest BCUT2D eigenvalue weighted by atomic mass is 19.2. The van der Waals surface area contributed by atoms with Crippen LogP contribution in [0.25, 0.3) is 0 Å². The van der Waals surface area contributed by atoms with Gasteiger partial charge in [-0.05, 0) is 13.0 Å². The van der Waals surface area contributed by atoms with Gasteiger partial charge >= 0.3 is 0 Å². The number of amides is 1. The molecular formula is C9H11F2NO. The van der Waals surface area contributed by atoms with Crippen molar-refractivity contribution in [2.24, 2.45) is 0 Å². The van der Waals surface area contributed by atoms with Crippen LogP contribution >= 0.6 is 0 Å². The molecule has 0 unspecified atom stereocenters. The highest BCUT2D eigenvalue weighted by Gasteiger charge is 2.00. The molecule has 0 aliphatic carbocycles. The van der Waals surface area contributed by atoms with Gasteiger partial charge in [-0.1, -0.05) is 12.7 Å². The standard InChI is InChI=1S/C9H11F2NO/c1-6(9(13)12-3)4-5-8(11)7(2)10/h4-5H,2H2,1,3H3,(H,12,13)/b6-4+,8-5+. The number of allylic oxidation sites excluding steroid dienone is 4. The summed E-state index contributed by atoms with van der Waals surface area (Å²) in [4.78, 5) is 10.8. The molecular weight excluding hydrogens is 176 g/mol. The first-order chi connectivity index (χ1) is 5.99. The zero-order chi connectivity index (χ0) is 10.4. The predicted molar refractivity (Wildman–Crippen MR) is 47.3 cm³/mol. The molecule has 0 saturated carbocycles. The van der Waals surface area contributed by atoms with E-state index in [4.69, 9.17) is 0 Å². The first kappa shape index (κ1) is 11.6. The Balaban J connectivity index is 4.51. The van der Waals surface area contributed by atoms with E-state index in [2.05, 4.69) is 11.9 Å². The zero-order valence-corrected chi connectivity index (χ0v) is 7.53. The van der Waals surface area contributed by atoms with Gasteiger partial charge in [0.15, 0.2) is 11.7 Å². The fraction of sp³-hybridized carbons (Fsp3) is 0.222. The van der Waals surface area contributed by atoms with Gasteiger partial charge in [0.2, 0.25) is 5.91 Å². The molecule has 0 aromatic rings. The van der Waals surface area contributed by atoms with Crippen molar-refractivity contribution in [2.75, 3.05) is 7.05 Å². The van der Waals surface area contributed by atoms with Gasteiger partial charge in [0.05, 0.1) is 0 Å². The van der Waals surface area contributed by atoms with Crippen molar-refractivity contribution in [3.8, 4) is 0 Å². The van der Waals surface area contributed by atoms with Crippen molar-refractivity contribution >= 4 is 5.91 Å². The molecule has 0 saturated heterocycles. The second kappa shape index (κ2) is 5.24. The summed E-state index contributed by atoms with van der Waals surface area (Å²) in [5.41, 5.74) is 0.291. The quantitative estimate of drug-likeness (QED) is 0.531. The van der Waals surface area contributed by atoms with Crippen molar-refractivity contribution in [3.05, 3.63) is 36.0 Å². The lowest BCUT2D eigenvalue weighted by Crippen LogP contribution is -2.18. The zero-order valence-electron chi connectivity index (χ0n) is 7.53. The van der Waals surface area contributed by atoms with Crippen LogP contribution < -0.4 is 5.32 Å². The number of carbonyl (C=O) groups excluding carboxylic acids is 1. The van der Waals surface area contributed by atoms with E-state index in [-0.39, 0.29) is 5.91 Å². The monoisotopic (exact) mass is 187 g/mol. The molecule has 0 heterocycles. The van der Waals surface area contributed by atoms with Crippen molar-refractivity contribution < 1.29 is 13.6 Å². The molecule has 0 rings (SSSR count). The SMILES string of the molecule is C=C(F)/C(F)=C\C=C(/C)C(=O)NC. The van der Waals surface area contributed by atoms with Crippen LogP contribution in [-0.4, -0.2) is 13.0 Å². The minimum Gasteiger partial charge on any atom is -0.355 e. The Morgan fingerprint density at radius 1 is 1.38 bits per heavy atom. The molecule has 0 spiro atoms. The van der Waals surface area contributed by atoms with Crippen LogP contribution in [0, 0.1) is 0 Å². The fourth-order valence-electron chi connectivity index (χ4n) is 0.561. The molecule has 0 bridgehead atoms. The summed E-state index contributed by atoms with van der Waals surface area (Å²) < 4.78 is 24.5. The van der Waals surface area contributed by atoms with E-state index < -0.39 is 11.7 Å². The van der Waals surface area contributed by atoms with Crippen LogP contribution in [0.3, 0.4) is 0 Å². The normalized spacial score (nSPS) is 12.6. The number of rotatable bonds is 3. The third-order valence-corrected chi connectivity index (χ3v) is 1.32. The number of hydrogen-bond acceptors (Lipinski definition) is 1. The van der Waals surface area contributed by atoms with Crippen LogP contribution in [0.4, 0.5) is 8.78 Å². The minimum absolute atomic E-state index is 0.291. The average molecular weight is 187 g/mol. The van der Waals surface area contributed by atoms with E-state index >= 15 is 0 Å². The summed E-state index contributed by atoms with van der Waals surface area (Å²) in [6.07, 6.45) is 2.03. The van der Waals surface area contributed by atoms with Gasteiger partial charge in [-0.15, -0.1) is 0 Å². The number of halogens is 2. The van der Waals surface area contributed by atoms with Gasteiger partial charge < -0.3 is 5.32 Å². The Bertz CT molecular complexity index is 279. The molecule has 1 N–H and O–H groups in total. The van der Waals surface area contributed by atoms with Gasteiger partial charge in [0.25, 0.3) is 0 Å². The fourth-order valence-corrected chi connectivity index (χ4v) is 0.561. The van der Waals surface area contributed by atoms with E-state index in [0.717, 1.165) is 6.08 Å². The third kappa shape index (κ3) is 4.20. The van der Waals surface area contributed by atoms with Gasteiger partial charge in [-0.3, -0.25) is 4.79 Å². The van der Waals surface area contributed by atoms with Crippen LogP contribution in [0.15, 0.2) is 36.0 Å². The van der Waals surface area contributed by atoms with E-state index in [0.29, 0.717) is 5.57 Å². The summed E-state index contributed by atoms with van der Waals surface area (Å²) in [6.45, 7) is 4.25. The van der Waals surface area contributed by atoms with Crippen molar-refractivity contribution in [2.45, 2.75) is 6.92 Å². The summed E-state index contributed by atoms with van der Waals surface area (Å²) in [6, 6.07) is 0. The smallest absolute Gasteiger partial charge is 0.246 e. The Morgan fingerprint density at radius 3 is 2.31 bits per heavy atom. The van der Waals surface area contributed by atoms with Crippen LogP contribution in [0.5, 0.6) is 0 Å². The average Bonchev–Trinajstić information content (AvgIpc) is 2.11. The van der Waals surface area contributed by atoms with Crippen molar-refractivity contribution in [1.82, 2.24) is 5.32 Å². The molecule has 0 aliphatic rings. The summed E-state index contributed by atoms with van der Waals surface area (Å²) >= 11 is 0. The predicted octanol–water partition coefficient (Wildman–Crippen LogP) is 2.02. The van der Waals surface area contributed by atoms with E-state index in [9.17, 15) is 13.6 Å². The van der Waals surface area contributed by atoms with Crippen LogP contribution in [-0.2, 0) is 4.79 Å². The molecule has 0 radical (unpaired) electrons. The van der Waals surface area contributed by atoms with Crippen LogP contribution in [0.2, 0.25) is 0 Å². The molecule has 13 heavy (non-hydrogen) atoms. The summed E-state index contributed by atoms with van der Waals surface area (Å²) in [5, 5.41) is 2.34. The molecule has 1 amide bonds. The van der Waals surface area contributed by atoms with Gasteiger partial charge in [-0.2, -0.15) is 0 Å². The number of nitrogens with one attached hydrogen (secondary N) is 1. The van der Waals surface area contributed by atoms with Gasteiger partial charge in [0.1, 0.15) is 0 Å². The van der Waals surface area contributed by atoms with Gasteiger partial charge in [0, 0.05) is 12.6 Å². The van der Waals surface area contributed by atoms with E-state index in [1.807, 2.05) is 0 Å². The maximum atomic E-state index is 12.5. The highest BCUT2D eigenvalue weighted by molar-refractivity contribution is 5.92. The second-order valence-corrected chi connectivity index (χ2v) is 2.35. The maximum absolute atomic E-state index is 12.5. The van der Waals surface area contributed by atoms with Crippen molar-refractivity contribution in [3.63, 3.8) is 0 Å². The van der Waals surface area contributed by atoms with Gasteiger partial charge in [-0.25, -0.2) is 8.78 Å². The third-order valence-electron chi connectivity index (χ3n) is 1.32. The second-order valence-electron chi connectivity index (χ2n) is 2.35. The number of likely N-dealkylation sites (N-methyl/N-ethyl adjacent to an activating group) is 1. The summed E-state index contributed by atoms with van der Waals surface area (Å²) in [5.74, 6) is -2.57. The van der Waals surface area contributed by atoms with E-state index in [1.165, 1.54) is 20.0 Å². The first-order valence-electron chi connectivity index (χ1n) is 3.60. The first-order valence-corrected chi connectivity index (χ1v) is 3.60. The summed E-state index contributed by atoms with van der Waals surface area (Å²) in [7, 11) is 1.45. The molecule has 0 aromatic heterocycles. The number of carbonyl (C=O) groups is 1. The van der Waals surface area contributed by atoms with Crippen LogP contribution in [0.1, 0.15) is 6.92 Å². The molecule has 0 aromatic carbocycles. The molecule has 2 nitrogen and oxygen atoms in total. The highest BCUT2D eigenvalue weighted by Crippen LogP contribution is 2.10. The Morgan fingerprint density at radius 2 is 1.92 bits per heavy atom. The van der Waals surface area contributed by atoms with Crippen molar-refractivity contribution in [1.29, 1.82) is 0 Å². The maximum Gasteiger partial charge on any atom is 0.246 e. The van der Waals surface area contributed by atoms with E-state index in [1.54, 1.807) is 0 Å². The Hall–Kier alpha value is -1.45. The Labute approximate surface area is 75.6 Å². The lowest BCUT2D eigenvalue weighted by Gasteiger charge is -1.96. The Kier molecular flexibility index (Phi) is 4.66.